The number of nitrogens with zero attached hydrogens (tertiary/aromatic N) is 2. The largest absolute Gasteiger partial charge is 0.376 e. The predicted molar refractivity (Wildman–Crippen MR) is 49.3 cm³/mol. The third-order valence-electron chi connectivity index (χ3n) is 2.47. The van der Waals surface area contributed by atoms with Crippen LogP contribution in [0.15, 0.2) is 0 Å². The highest BCUT2D eigenvalue weighted by Gasteiger charge is 2.18. The highest BCUT2D eigenvalue weighted by Crippen LogP contribution is 2.19. The first-order valence-corrected chi connectivity index (χ1v) is 4.64. The van der Waals surface area contributed by atoms with Crippen LogP contribution >= 0.6 is 0 Å². The third-order valence-corrected chi connectivity index (χ3v) is 2.47. The van der Waals surface area contributed by atoms with Gasteiger partial charge in [0.05, 0.1) is 18.9 Å². The second-order valence-electron chi connectivity index (χ2n) is 3.34. The number of hydrogen-bond donors (Lipinski definition) is 1. The van der Waals surface area contributed by atoms with Crippen LogP contribution in [0.5, 0.6) is 0 Å². The summed E-state index contributed by atoms with van der Waals surface area (Å²) in [6.07, 6.45) is 1.83. The summed E-state index contributed by atoms with van der Waals surface area (Å²) in [7, 11) is 1.99. The molecule has 72 valence electrons. The molecule has 0 saturated heterocycles. The molecule has 0 radical (unpaired) electrons. The van der Waals surface area contributed by atoms with E-state index in [1.165, 1.54) is 11.3 Å². The van der Waals surface area contributed by atoms with Gasteiger partial charge >= 0.3 is 0 Å². The van der Waals surface area contributed by atoms with Crippen LogP contribution < -0.4 is 5.73 Å². The van der Waals surface area contributed by atoms with Crippen LogP contribution in [-0.2, 0) is 31.2 Å². The maximum absolute atomic E-state index is 5.51. The van der Waals surface area contributed by atoms with E-state index in [0.29, 0.717) is 13.2 Å². The van der Waals surface area contributed by atoms with Gasteiger partial charge in [-0.05, 0) is 6.54 Å². The number of ether oxygens (including phenoxy) is 1. The van der Waals surface area contributed by atoms with Gasteiger partial charge in [0.1, 0.15) is 0 Å². The molecule has 2 N–H and O–H groups in total. The van der Waals surface area contributed by atoms with Crippen molar-refractivity contribution >= 4 is 0 Å². The maximum Gasteiger partial charge on any atom is 0.0753 e. The minimum atomic E-state index is 0.656. The van der Waals surface area contributed by atoms with Gasteiger partial charge in [-0.25, -0.2) is 0 Å². The maximum atomic E-state index is 5.51. The number of aryl methyl sites for hydroxylation is 1. The highest BCUT2D eigenvalue weighted by molar-refractivity contribution is 5.27. The number of hydrogen-bond acceptors (Lipinski definition) is 3. The van der Waals surface area contributed by atoms with Crippen LogP contribution in [0.1, 0.15) is 17.0 Å². The van der Waals surface area contributed by atoms with Crippen molar-refractivity contribution in [2.75, 3.05) is 13.2 Å². The molecule has 4 nitrogen and oxygen atoms in total. The Hall–Kier alpha value is -0.870. The van der Waals surface area contributed by atoms with Gasteiger partial charge in [-0.3, -0.25) is 4.68 Å². The lowest BCUT2D eigenvalue weighted by molar-refractivity contribution is 0.108. The normalized spacial score (nSPS) is 15.8. The first-order chi connectivity index (χ1) is 6.33. The van der Waals surface area contributed by atoms with Crippen LogP contribution in [0.4, 0.5) is 0 Å². The SMILES string of the molecule is Cn1nc(CCN)c2c1CCOC2. The van der Waals surface area contributed by atoms with Crippen LogP contribution in [0.3, 0.4) is 0 Å². The lowest BCUT2D eigenvalue weighted by Crippen LogP contribution is -2.13. The zero-order valence-corrected chi connectivity index (χ0v) is 7.92. The van der Waals surface area contributed by atoms with E-state index in [1.807, 2.05) is 11.7 Å². The number of nitrogens with two attached hydrogens (primary N) is 1. The van der Waals surface area contributed by atoms with E-state index in [1.54, 1.807) is 0 Å². The quantitative estimate of drug-likeness (QED) is 0.698. The van der Waals surface area contributed by atoms with Gasteiger partial charge in [0, 0.05) is 31.1 Å². The first kappa shape index (κ1) is 8.72. The number of fused-ring (bicyclic) bond motifs is 1. The Bertz CT molecular complexity index is 306. The van der Waals surface area contributed by atoms with E-state index in [-0.39, 0.29) is 0 Å². The van der Waals surface area contributed by atoms with E-state index < -0.39 is 0 Å². The molecule has 2 heterocycles. The molecule has 0 unspecified atom stereocenters. The van der Waals surface area contributed by atoms with Crippen molar-refractivity contribution < 1.29 is 4.74 Å². The predicted octanol–water partition coefficient (Wildman–Crippen LogP) is -0.00600. The Labute approximate surface area is 77.7 Å². The molecule has 0 saturated carbocycles. The van der Waals surface area contributed by atoms with Crippen molar-refractivity contribution in [3.05, 3.63) is 17.0 Å². The minimum absolute atomic E-state index is 0.656. The molecule has 0 bridgehead atoms. The summed E-state index contributed by atoms with van der Waals surface area (Å²) in [5, 5.41) is 4.44. The molecule has 0 atom stereocenters. The fourth-order valence-electron chi connectivity index (χ4n) is 1.82. The molecular weight excluding hydrogens is 166 g/mol. The molecule has 1 aromatic rings. The van der Waals surface area contributed by atoms with Gasteiger partial charge in [-0.15, -0.1) is 0 Å². The molecule has 0 amide bonds. The van der Waals surface area contributed by atoms with Crippen molar-refractivity contribution in [2.45, 2.75) is 19.4 Å². The van der Waals surface area contributed by atoms with Gasteiger partial charge in [-0.1, -0.05) is 0 Å². The van der Waals surface area contributed by atoms with Gasteiger partial charge in [0.2, 0.25) is 0 Å². The summed E-state index contributed by atoms with van der Waals surface area (Å²) in [6, 6.07) is 0. The molecular formula is C9H15N3O. The van der Waals surface area contributed by atoms with E-state index in [2.05, 4.69) is 5.10 Å². The first-order valence-electron chi connectivity index (χ1n) is 4.64. The monoisotopic (exact) mass is 181 g/mol. The summed E-state index contributed by atoms with van der Waals surface area (Å²) >= 11 is 0. The van der Waals surface area contributed by atoms with Crippen molar-refractivity contribution in [1.82, 2.24) is 9.78 Å². The van der Waals surface area contributed by atoms with E-state index in [9.17, 15) is 0 Å². The second kappa shape index (κ2) is 3.47. The summed E-state index contributed by atoms with van der Waals surface area (Å²) < 4.78 is 7.36. The Kier molecular flexibility index (Phi) is 2.33. The highest BCUT2D eigenvalue weighted by atomic mass is 16.5. The average molecular weight is 181 g/mol. The van der Waals surface area contributed by atoms with Gasteiger partial charge in [0.25, 0.3) is 0 Å². The van der Waals surface area contributed by atoms with Crippen molar-refractivity contribution in [3.63, 3.8) is 0 Å². The lowest BCUT2D eigenvalue weighted by Gasteiger charge is -2.13. The molecule has 0 aliphatic carbocycles. The second-order valence-corrected chi connectivity index (χ2v) is 3.34. The Morgan fingerprint density at radius 2 is 2.46 bits per heavy atom. The molecule has 1 aliphatic heterocycles. The van der Waals surface area contributed by atoms with Crippen molar-refractivity contribution in [1.29, 1.82) is 0 Å². The van der Waals surface area contributed by atoms with Crippen LogP contribution in [-0.4, -0.2) is 22.9 Å². The molecule has 1 aromatic heterocycles. The zero-order chi connectivity index (χ0) is 9.26. The smallest absolute Gasteiger partial charge is 0.0753 e. The molecule has 2 rings (SSSR count). The topological polar surface area (TPSA) is 53.1 Å². The molecule has 0 aromatic carbocycles. The van der Waals surface area contributed by atoms with E-state index in [4.69, 9.17) is 10.5 Å². The lowest BCUT2D eigenvalue weighted by atomic mass is 10.1. The van der Waals surface area contributed by atoms with Crippen molar-refractivity contribution in [3.8, 4) is 0 Å². The van der Waals surface area contributed by atoms with E-state index >= 15 is 0 Å². The fraction of sp³-hybridized carbons (Fsp3) is 0.667. The van der Waals surface area contributed by atoms with Crippen LogP contribution in [0.2, 0.25) is 0 Å². The van der Waals surface area contributed by atoms with Gasteiger partial charge in [-0.2, -0.15) is 5.10 Å². The van der Waals surface area contributed by atoms with Crippen LogP contribution in [0.25, 0.3) is 0 Å². The fourth-order valence-corrected chi connectivity index (χ4v) is 1.82. The Morgan fingerprint density at radius 1 is 1.62 bits per heavy atom. The standard InChI is InChI=1S/C9H15N3O/c1-12-9-3-5-13-6-7(9)8(11-12)2-4-10/h2-6,10H2,1H3. The molecule has 1 aliphatic rings. The minimum Gasteiger partial charge on any atom is -0.376 e. The van der Waals surface area contributed by atoms with Gasteiger partial charge in [0.15, 0.2) is 0 Å². The summed E-state index contributed by atoms with van der Waals surface area (Å²) in [5.74, 6) is 0. The zero-order valence-electron chi connectivity index (χ0n) is 7.92. The summed E-state index contributed by atoms with van der Waals surface area (Å²) in [4.78, 5) is 0. The van der Waals surface area contributed by atoms with Crippen LogP contribution in [0, 0.1) is 0 Å². The Balaban J connectivity index is 2.36. The van der Waals surface area contributed by atoms with Crippen molar-refractivity contribution in [2.24, 2.45) is 12.8 Å². The summed E-state index contributed by atoms with van der Waals surface area (Å²) in [5.41, 5.74) is 9.20. The Morgan fingerprint density at radius 3 is 3.23 bits per heavy atom. The molecule has 0 fully saturated rings. The molecule has 13 heavy (non-hydrogen) atoms. The average Bonchev–Trinajstić information content (AvgIpc) is 2.46. The molecule has 4 heteroatoms. The summed E-state index contributed by atoms with van der Waals surface area (Å²) in [6.45, 7) is 2.18. The number of rotatable bonds is 2. The van der Waals surface area contributed by atoms with E-state index in [0.717, 1.165) is 25.1 Å². The third kappa shape index (κ3) is 1.47. The molecule has 0 spiro atoms. The van der Waals surface area contributed by atoms with Gasteiger partial charge < -0.3 is 10.5 Å². The number of aromatic nitrogens is 2.